The minimum Gasteiger partial charge on any atom is -0.369 e. The lowest BCUT2D eigenvalue weighted by Crippen LogP contribution is -2.39. The van der Waals surface area contributed by atoms with Crippen LogP contribution < -0.4 is 4.90 Å². The van der Waals surface area contributed by atoms with Crippen molar-refractivity contribution in [3.8, 4) is 0 Å². The topological polar surface area (TPSA) is 20.3 Å². The average Bonchev–Trinajstić information content (AvgIpc) is 2.40. The lowest BCUT2D eigenvalue weighted by molar-refractivity contribution is 0.112. The van der Waals surface area contributed by atoms with Crippen LogP contribution in [0.1, 0.15) is 43.5 Å². The maximum Gasteiger partial charge on any atom is 0.152 e. The van der Waals surface area contributed by atoms with E-state index in [2.05, 4.69) is 13.8 Å². The van der Waals surface area contributed by atoms with Gasteiger partial charge < -0.3 is 4.90 Å². The summed E-state index contributed by atoms with van der Waals surface area (Å²) in [6, 6.07) is 4.69. The first-order valence-corrected chi connectivity index (χ1v) is 6.58. The van der Waals surface area contributed by atoms with Crippen molar-refractivity contribution >= 4 is 12.0 Å². The fraction of sp³-hybridized carbons (Fsp3) is 0.533. The Bertz CT molecular complexity index is 436. The van der Waals surface area contributed by atoms with Crippen LogP contribution in [-0.4, -0.2) is 19.4 Å². The third-order valence-electron chi connectivity index (χ3n) is 4.29. The molecule has 18 heavy (non-hydrogen) atoms. The van der Waals surface area contributed by atoms with E-state index in [0.717, 1.165) is 38.6 Å². The van der Waals surface area contributed by atoms with Crippen molar-refractivity contribution in [2.45, 2.75) is 33.1 Å². The first-order valence-electron chi connectivity index (χ1n) is 6.58. The third-order valence-corrected chi connectivity index (χ3v) is 4.29. The molecular formula is C15H20FNO. The Morgan fingerprint density at radius 1 is 1.39 bits per heavy atom. The van der Waals surface area contributed by atoms with E-state index < -0.39 is 0 Å². The average molecular weight is 249 g/mol. The van der Waals surface area contributed by atoms with Crippen LogP contribution in [0.3, 0.4) is 0 Å². The molecule has 0 spiro atoms. The van der Waals surface area contributed by atoms with Crippen molar-refractivity contribution in [1.82, 2.24) is 0 Å². The van der Waals surface area contributed by atoms with Gasteiger partial charge in [-0.1, -0.05) is 26.3 Å². The molecule has 1 heterocycles. The van der Waals surface area contributed by atoms with Gasteiger partial charge >= 0.3 is 0 Å². The molecule has 1 aromatic carbocycles. The molecule has 0 bridgehead atoms. The highest BCUT2D eigenvalue weighted by atomic mass is 19.1. The molecule has 2 nitrogen and oxygen atoms in total. The minimum absolute atomic E-state index is 0.292. The molecule has 1 fully saturated rings. The molecule has 0 atom stereocenters. The van der Waals surface area contributed by atoms with E-state index in [1.807, 2.05) is 4.90 Å². The van der Waals surface area contributed by atoms with Crippen LogP contribution in [-0.2, 0) is 0 Å². The molecule has 98 valence electrons. The van der Waals surface area contributed by atoms with Gasteiger partial charge in [-0.3, -0.25) is 4.79 Å². The van der Waals surface area contributed by atoms with Crippen molar-refractivity contribution in [2.75, 3.05) is 18.0 Å². The molecule has 1 aliphatic heterocycles. The largest absolute Gasteiger partial charge is 0.369 e. The maximum absolute atomic E-state index is 13.9. The number of rotatable bonds is 3. The van der Waals surface area contributed by atoms with Crippen LogP contribution in [0.5, 0.6) is 0 Å². The molecule has 1 saturated heterocycles. The van der Waals surface area contributed by atoms with E-state index in [9.17, 15) is 9.18 Å². The zero-order chi connectivity index (χ0) is 13.2. The second-order valence-corrected chi connectivity index (χ2v) is 5.45. The third kappa shape index (κ3) is 2.40. The number of halogens is 1. The van der Waals surface area contributed by atoms with Gasteiger partial charge in [0.15, 0.2) is 6.29 Å². The van der Waals surface area contributed by atoms with Crippen LogP contribution in [0, 0.1) is 11.2 Å². The van der Waals surface area contributed by atoms with Crippen molar-refractivity contribution in [3.05, 3.63) is 29.6 Å². The lowest BCUT2D eigenvalue weighted by atomic mass is 9.78. The summed E-state index contributed by atoms with van der Waals surface area (Å²) < 4.78 is 13.9. The van der Waals surface area contributed by atoms with Gasteiger partial charge in [0.1, 0.15) is 5.82 Å². The SMILES string of the molecule is CCC1(C)CCN(c2c(F)cccc2C=O)CC1. The van der Waals surface area contributed by atoms with Gasteiger partial charge in [-0.2, -0.15) is 0 Å². The van der Waals surface area contributed by atoms with E-state index >= 15 is 0 Å². The van der Waals surface area contributed by atoms with Crippen LogP contribution in [0.15, 0.2) is 18.2 Å². The number of para-hydroxylation sites is 1. The summed E-state index contributed by atoms with van der Waals surface area (Å²) >= 11 is 0. The van der Waals surface area contributed by atoms with E-state index in [-0.39, 0.29) is 5.82 Å². The second-order valence-electron chi connectivity index (χ2n) is 5.45. The monoisotopic (exact) mass is 249 g/mol. The van der Waals surface area contributed by atoms with Crippen molar-refractivity contribution in [3.63, 3.8) is 0 Å². The molecule has 1 aliphatic rings. The fourth-order valence-corrected chi connectivity index (χ4v) is 2.58. The maximum atomic E-state index is 13.9. The lowest BCUT2D eigenvalue weighted by Gasteiger charge is -2.40. The standard InChI is InChI=1S/C15H20FNO/c1-3-15(2)7-9-17(10-8-15)14-12(11-18)5-4-6-13(14)16/h4-6,11H,3,7-10H2,1-2H3. The number of nitrogens with zero attached hydrogens (tertiary/aromatic N) is 1. The molecule has 2 rings (SSSR count). The molecule has 0 aromatic heterocycles. The summed E-state index contributed by atoms with van der Waals surface area (Å²) in [7, 11) is 0. The van der Waals surface area contributed by atoms with Gasteiger partial charge in [-0.25, -0.2) is 4.39 Å². The first kappa shape index (κ1) is 13.1. The molecule has 0 aliphatic carbocycles. The number of piperidine rings is 1. The van der Waals surface area contributed by atoms with Gasteiger partial charge in [0.25, 0.3) is 0 Å². The van der Waals surface area contributed by atoms with Gasteiger partial charge in [-0.15, -0.1) is 0 Å². The normalized spacial score (nSPS) is 18.7. The number of carbonyl (C=O) groups excluding carboxylic acids is 1. The first-order chi connectivity index (χ1) is 8.59. The predicted molar refractivity (Wildman–Crippen MR) is 71.6 cm³/mol. The molecule has 0 radical (unpaired) electrons. The summed E-state index contributed by atoms with van der Waals surface area (Å²) in [5, 5.41) is 0. The number of carbonyl (C=O) groups is 1. The van der Waals surface area contributed by atoms with Crippen LogP contribution >= 0.6 is 0 Å². The Morgan fingerprint density at radius 3 is 2.61 bits per heavy atom. The van der Waals surface area contributed by atoms with Gasteiger partial charge in [0.05, 0.1) is 5.69 Å². The Morgan fingerprint density at radius 2 is 2.06 bits per heavy atom. The Kier molecular flexibility index (Phi) is 3.69. The van der Waals surface area contributed by atoms with Crippen LogP contribution in [0.2, 0.25) is 0 Å². The zero-order valence-electron chi connectivity index (χ0n) is 11.1. The molecule has 0 unspecified atom stereocenters. The number of aldehydes is 1. The van der Waals surface area contributed by atoms with Gasteiger partial charge in [-0.05, 0) is 30.4 Å². The number of anilines is 1. The summed E-state index contributed by atoms with van der Waals surface area (Å²) in [6.07, 6.45) is 4.00. The van der Waals surface area contributed by atoms with Crippen molar-refractivity contribution in [2.24, 2.45) is 5.41 Å². The highest BCUT2D eigenvalue weighted by molar-refractivity contribution is 5.84. The summed E-state index contributed by atoms with van der Waals surface area (Å²) in [6.45, 7) is 6.14. The van der Waals surface area contributed by atoms with E-state index in [1.165, 1.54) is 6.07 Å². The minimum atomic E-state index is -0.292. The Balaban J connectivity index is 2.22. The summed E-state index contributed by atoms with van der Waals surface area (Å²) in [5.41, 5.74) is 1.30. The van der Waals surface area contributed by atoms with Crippen molar-refractivity contribution < 1.29 is 9.18 Å². The van der Waals surface area contributed by atoms with Crippen molar-refractivity contribution in [1.29, 1.82) is 0 Å². The predicted octanol–water partition coefficient (Wildman–Crippen LogP) is 3.65. The zero-order valence-corrected chi connectivity index (χ0v) is 11.1. The highest BCUT2D eigenvalue weighted by Gasteiger charge is 2.30. The van der Waals surface area contributed by atoms with Crippen LogP contribution in [0.4, 0.5) is 10.1 Å². The van der Waals surface area contributed by atoms with Gasteiger partial charge in [0.2, 0.25) is 0 Å². The fourth-order valence-electron chi connectivity index (χ4n) is 2.58. The van der Waals surface area contributed by atoms with E-state index in [1.54, 1.807) is 12.1 Å². The summed E-state index contributed by atoms with van der Waals surface area (Å²) in [4.78, 5) is 13.0. The quantitative estimate of drug-likeness (QED) is 0.762. The number of hydrogen-bond donors (Lipinski definition) is 0. The molecule has 0 amide bonds. The summed E-state index contributed by atoms with van der Waals surface area (Å²) in [5.74, 6) is -0.292. The Labute approximate surface area is 108 Å². The molecule has 0 N–H and O–H groups in total. The second kappa shape index (κ2) is 5.09. The van der Waals surface area contributed by atoms with Crippen LogP contribution in [0.25, 0.3) is 0 Å². The molecular weight excluding hydrogens is 229 g/mol. The molecule has 3 heteroatoms. The molecule has 0 saturated carbocycles. The smallest absolute Gasteiger partial charge is 0.152 e. The highest BCUT2D eigenvalue weighted by Crippen LogP contribution is 2.36. The number of benzene rings is 1. The van der Waals surface area contributed by atoms with E-state index in [0.29, 0.717) is 16.7 Å². The number of hydrogen-bond acceptors (Lipinski definition) is 2. The Hall–Kier alpha value is -1.38. The van der Waals surface area contributed by atoms with E-state index in [4.69, 9.17) is 0 Å². The van der Waals surface area contributed by atoms with Gasteiger partial charge in [0, 0.05) is 18.7 Å². The molecule has 1 aromatic rings.